The second-order valence-corrected chi connectivity index (χ2v) is 10.5. The van der Waals surface area contributed by atoms with Gasteiger partial charge in [-0.05, 0) is 41.1 Å². The van der Waals surface area contributed by atoms with Crippen molar-refractivity contribution in [3.05, 3.63) is 75.1 Å². The molecule has 0 amide bonds. The highest BCUT2D eigenvalue weighted by molar-refractivity contribution is 7.85. The van der Waals surface area contributed by atoms with Gasteiger partial charge in [-0.1, -0.05) is 53.5 Å². The van der Waals surface area contributed by atoms with E-state index in [2.05, 4.69) is 10.3 Å². The quantitative estimate of drug-likeness (QED) is 0.303. The van der Waals surface area contributed by atoms with E-state index in [0.29, 0.717) is 28.8 Å². The first-order valence-electron chi connectivity index (χ1n) is 9.65. The molecule has 0 aliphatic carbocycles. The van der Waals surface area contributed by atoms with E-state index in [1.807, 2.05) is 41.8 Å². The number of fused-ring (bicyclic) bond motifs is 1. The van der Waals surface area contributed by atoms with Crippen molar-refractivity contribution in [3.8, 4) is 11.4 Å². The molecule has 0 spiro atoms. The Morgan fingerprint density at radius 3 is 2.56 bits per heavy atom. The molecule has 4 aromatic rings. The number of aromatic nitrogens is 2. The van der Waals surface area contributed by atoms with Crippen LogP contribution in [0.3, 0.4) is 0 Å². The van der Waals surface area contributed by atoms with Gasteiger partial charge in [0.2, 0.25) is 0 Å². The fraction of sp³-hybridized carbons (Fsp3) is 0.182. The van der Waals surface area contributed by atoms with Gasteiger partial charge < -0.3 is 5.32 Å². The molecule has 0 atom stereocenters. The Morgan fingerprint density at radius 1 is 1.06 bits per heavy atom. The standard InChI is InChI=1S/C22H19Cl2N3O3S2/c1-32(28,29)30-10-8-14-2-4-15(5-3-14)21-26-19-9-11-31-20(19)22(27-21)25-13-16-6-7-17(23)12-18(16)24/h2-7,9,11-12H,8,10,13H2,1H3,(H,25,26,27). The number of nitrogens with zero attached hydrogens (tertiary/aromatic N) is 2. The molecule has 0 aliphatic heterocycles. The van der Waals surface area contributed by atoms with Crippen molar-refractivity contribution < 1.29 is 12.6 Å². The Morgan fingerprint density at radius 2 is 1.84 bits per heavy atom. The Labute approximate surface area is 200 Å². The third kappa shape index (κ3) is 5.76. The van der Waals surface area contributed by atoms with Crippen LogP contribution in [0.4, 0.5) is 5.82 Å². The van der Waals surface area contributed by atoms with Crippen LogP contribution in [-0.4, -0.2) is 31.2 Å². The van der Waals surface area contributed by atoms with Crippen LogP contribution in [0.15, 0.2) is 53.9 Å². The average molecular weight is 508 g/mol. The third-order valence-corrected chi connectivity index (χ3v) is 6.76. The summed E-state index contributed by atoms with van der Waals surface area (Å²) in [6.45, 7) is 0.607. The van der Waals surface area contributed by atoms with Crippen LogP contribution in [0.1, 0.15) is 11.1 Å². The number of anilines is 1. The van der Waals surface area contributed by atoms with Crippen LogP contribution >= 0.6 is 34.5 Å². The Hall–Kier alpha value is -2.23. The molecule has 0 saturated carbocycles. The topological polar surface area (TPSA) is 81.2 Å². The summed E-state index contributed by atoms with van der Waals surface area (Å²) in [6, 6.07) is 15.0. The monoisotopic (exact) mass is 507 g/mol. The number of hydrogen-bond donors (Lipinski definition) is 1. The summed E-state index contributed by atoms with van der Waals surface area (Å²) in [5, 5.41) is 6.54. The van der Waals surface area contributed by atoms with E-state index in [9.17, 15) is 8.42 Å². The summed E-state index contributed by atoms with van der Waals surface area (Å²) in [4.78, 5) is 9.43. The lowest BCUT2D eigenvalue weighted by atomic mass is 10.1. The minimum absolute atomic E-state index is 0.108. The summed E-state index contributed by atoms with van der Waals surface area (Å²) in [5.74, 6) is 1.33. The molecule has 6 nitrogen and oxygen atoms in total. The molecule has 2 aromatic heterocycles. The smallest absolute Gasteiger partial charge is 0.264 e. The molecule has 10 heteroatoms. The average Bonchev–Trinajstić information content (AvgIpc) is 3.21. The highest BCUT2D eigenvalue weighted by Crippen LogP contribution is 2.30. The van der Waals surface area contributed by atoms with Crippen molar-refractivity contribution in [1.29, 1.82) is 0 Å². The predicted octanol–water partition coefficient (Wildman–Crippen LogP) is 5.80. The van der Waals surface area contributed by atoms with Crippen molar-refractivity contribution in [2.24, 2.45) is 0 Å². The molecule has 0 bridgehead atoms. The van der Waals surface area contributed by atoms with E-state index in [1.165, 1.54) is 0 Å². The van der Waals surface area contributed by atoms with Gasteiger partial charge in [0.25, 0.3) is 10.1 Å². The number of rotatable bonds is 8. The van der Waals surface area contributed by atoms with E-state index in [4.69, 9.17) is 32.4 Å². The van der Waals surface area contributed by atoms with Gasteiger partial charge in [-0.15, -0.1) is 11.3 Å². The van der Waals surface area contributed by atoms with E-state index in [1.54, 1.807) is 23.5 Å². The zero-order valence-electron chi connectivity index (χ0n) is 17.0. The van der Waals surface area contributed by atoms with Crippen LogP contribution in [0.5, 0.6) is 0 Å². The van der Waals surface area contributed by atoms with Crippen LogP contribution in [0, 0.1) is 0 Å². The minimum Gasteiger partial charge on any atom is -0.365 e. The van der Waals surface area contributed by atoms with Gasteiger partial charge in [0.15, 0.2) is 5.82 Å². The first-order chi connectivity index (χ1) is 15.3. The number of thiophene rings is 1. The first-order valence-corrected chi connectivity index (χ1v) is 13.1. The van der Waals surface area contributed by atoms with Crippen LogP contribution in [0.25, 0.3) is 21.6 Å². The SMILES string of the molecule is CS(=O)(=O)OCCc1ccc(-c2nc(NCc3ccc(Cl)cc3Cl)c3sccc3n2)cc1. The van der Waals surface area contributed by atoms with Crippen molar-refractivity contribution in [2.75, 3.05) is 18.2 Å². The summed E-state index contributed by atoms with van der Waals surface area (Å²) >= 11 is 13.9. The van der Waals surface area contributed by atoms with Gasteiger partial charge in [-0.3, -0.25) is 4.18 Å². The van der Waals surface area contributed by atoms with E-state index < -0.39 is 10.1 Å². The second kappa shape index (κ2) is 9.72. The minimum atomic E-state index is -3.44. The highest BCUT2D eigenvalue weighted by Gasteiger charge is 2.12. The Bertz CT molecular complexity index is 1360. The Balaban J connectivity index is 1.54. The van der Waals surface area contributed by atoms with Gasteiger partial charge in [0.1, 0.15) is 5.82 Å². The zero-order valence-corrected chi connectivity index (χ0v) is 20.2. The highest BCUT2D eigenvalue weighted by atomic mass is 35.5. The predicted molar refractivity (Wildman–Crippen MR) is 131 cm³/mol. The Kier molecular flexibility index (Phi) is 6.97. The van der Waals surface area contributed by atoms with Crippen LogP contribution in [-0.2, 0) is 27.3 Å². The van der Waals surface area contributed by atoms with Crippen molar-refractivity contribution in [2.45, 2.75) is 13.0 Å². The fourth-order valence-corrected chi connectivity index (χ4v) is 4.75. The molecule has 2 aromatic carbocycles. The number of nitrogens with one attached hydrogen (secondary N) is 1. The molecule has 1 N–H and O–H groups in total. The molecule has 32 heavy (non-hydrogen) atoms. The molecular formula is C22H19Cl2N3O3S2. The van der Waals surface area contributed by atoms with Crippen molar-refractivity contribution in [1.82, 2.24) is 9.97 Å². The van der Waals surface area contributed by atoms with E-state index in [-0.39, 0.29) is 6.61 Å². The van der Waals surface area contributed by atoms with Gasteiger partial charge in [0.05, 0.1) is 23.1 Å². The molecule has 2 heterocycles. The molecule has 0 fully saturated rings. The summed E-state index contributed by atoms with van der Waals surface area (Å²) in [5.41, 5.74) is 3.60. The molecule has 0 radical (unpaired) electrons. The lowest BCUT2D eigenvalue weighted by Crippen LogP contribution is -2.06. The van der Waals surface area contributed by atoms with Gasteiger partial charge in [-0.2, -0.15) is 8.42 Å². The van der Waals surface area contributed by atoms with Crippen molar-refractivity contribution in [3.63, 3.8) is 0 Å². The molecular weight excluding hydrogens is 489 g/mol. The lowest BCUT2D eigenvalue weighted by Gasteiger charge is -2.11. The number of hydrogen-bond acceptors (Lipinski definition) is 7. The van der Waals surface area contributed by atoms with Crippen molar-refractivity contribution >= 4 is 60.7 Å². The fourth-order valence-electron chi connectivity index (χ4n) is 3.09. The normalized spacial score (nSPS) is 11.7. The number of benzene rings is 2. The summed E-state index contributed by atoms with van der Waals surface area (Å²) in [6.07, 6.45) is 1.53. The zero-order chi connectivity index (χ0) is 22.7. The molecule has 0 saturated heterocycles. The van der Waals surface area contributed by atoms with Crippen LogP contribution in [0.2, 0.25) is 10.0 Å². The number of halogens is 2. The largest absolute Gasteiger partial charge is 0.365 e. The third-order valence-electron chi connectivity index (χ3n) is 4.67. The van der Waals surface area contributed by atoms with Gasteiger partial charge in [0, 0.05) is 22.2 Å². The van der Waals surface area contributed by atoms with Gasteiger partial charge in [-0.25, -0.2) is 9.97 Å². The van der Waals surface area contributed by atoms with E-state index >= 15 is 0 Å². The first kappa shape index (κ1) is 22.9. The second-order valence-electron chi connectivity index (χ2n) is 7.09. The maximum absolute atomic E-state index is 11.1. The molecule has 0 unspecified atom stereocenters. The summed E-state index contributed by atoms with van der Waals surface area (Å²) < 4.78 is 28.0. The molecule has 0 aliphatic rings. The molecule has 166 valence electrons. The van der Waals surface area contributed by atoms with Gasteiger partial charge >= 0.3 is 0 Å². The maximum Gasteiger partial charge on any atom is 0.264 e. The van der Waals surface area contributed by atoms with E-state index in [0.717, 1.165) is 39.0 Å². The maximum atomic E-state index is 11.1. The summed E-state index contributed by atoms with van der Waals surface area (Å²) in [7, 11) is -3.44. The van der Waals surface area contributed by atoms with Crippen LogP contribution < -0.4 is 5.32 Å². The lowest BCUT2D eigenvalue weighted by molar-refractivity contribution is 0.326. The molecule has 4 rings (SSSR count).